The number of aromatic nitrogens is 2. The number of fused-ring (bicyclic) bond motifs is 1. The van der Waals surface area contributed by atoms with Gasteiger partial charge in [0.2, 0.25) is 0 Å². The molecule has 0 aliphatic carbocycles. The molecule has 0 radical (unpaired) electrons. The molecule has 1 aromatic heterocycles. The van der Waals surface area contributed by atoms with Crippen LogP contribution in [0.2, 0.25) is 0 Å². The van der Waals surface area contributed by atoms with Crippen LogP contribution < -0.4 is 5.73 Å². The van der Waals surface area contributed by atoms with E-state index >= 15 is 0 Å². The van der Waals surface area contributed by atoms with Crippen LogP contribution in [0.5, 0.6) is 0 Å². The van der Waals surface area contributed by atoms with E-state index in [0.29, 0.717) is 29.9 Å². The highest BCUT2D eigenvalue weighted by Crippen LogP contribution is 2.26. The second-order valence-corrected chi connectivity index (χ2v) is 6.03. The number of anilines is 1. The molecule has 0 saturated carbocycles. The summed E-state index contributed by atoms with van der Waals surface area (Å²) in [5, 5.41) is 4.25. The summed E-state index contributed by atoms with van der Waals surface area (Å²) in [5.74, 6) is 0. The minimum absolute atomic E-state index is 0.314. The average Bonchev–Trinajstić information content (AvgIpc) is 2.52. The van der Waals surface area contributed by atoms with Gasteiger partial charge in [-0.3, -0.25) is 4.68 Å². The monoisotopic (exact) mass is 316 g/mol. The zero-order valence-corrected chi connectivity index (χ0v) is 12.3. The van der Waals surface area contributed by atoms with E-state index in [1.165, 1.54) is 0 Å². The van der Waals surface area contributed by atoms with Crippen molar-refractivity contribution in [2.75, 3.05) is 12.3 Å². The van der Waals surface area contributed by atoms with Crippen molar-refractivity contribution in [2.24, 2.45) is 0 Å². The Morgan fingerprint density at radius 3 is 2.72 bits per heavy atom. The maximum atomic E-state index is 12.0. The minimum Gasteiger partial charge on any atom is -0.444 e. The van der Waals surface area contributed by atoms with Gasteiger partial charge in [0.05, 0.1) is 24.5 Å². The molecule has 0 aromatic carbocycles. The first-order chi connectivity index (χ1) is 8.28. The van der Waals surface area contributed by atoms with Crippen LogP contribution in [0, 0.1) is 0 Å². The summed E-state index contributed by atoms with van der Waals surface area (Å²) in [6.07, 6.45) is -0.314. The molecule has 0 spiro atoms. The minimum atomic E-state index is -0.485. The summed E-state index contributed by atoms with van der Waals surface area (Å²) in [6.45, 7) is 7.19. The summed E-state index contributed by atoms with van der Waals surface area (Å²) < 4.78 is 7.79. The van der Waals surface area contributed by atoms with E-state index in [4.69, 9.17) is 10.5 Å². The molecular formula is C11H17BrN4O2. The van der Waals surface area contributed by atoms with Crippen molar-refractivity contribution < 1.29 is 9.53 Å². The zero-order valence-electron chi connectivity index (χ0n) is 10.7. The average molecular weight is 317 g/mol. The highest BCUT2D eigenvalue weighted by molar-refractivity contribution is 9.10. The standard InChI is InChI=1S/C11H17BrN4O2/c1-11(2,3)18-10(17)15-4-5-16-7(6-15)8(13)9(12)14-16/h4-6,13H2,1-3H3. The Labute approximate surface area is 114 Å². The van der Waals surface area contributed by atoms with E-state index in [9.17, 15) is 4.79 Å². The highest BCUT2D eigenvalue weighted by Gasteiger charge is 2.28. The van der Waals surface area contributed by atoms with Gasteiger partial charge in [0, 0.05) is 6.54 Å². The number of rotatable bonds is 0. The molecule has 0 fully saturated rings. The van der Waals surface area contributed by atoms with Crippen LogP contribution in [-0.2, 0) is 17.8 Å². The predicted molar refractivity (Wildman–Crippen MR) is 71.0 cm³/mol. The molecule has 2 rings (SSSR count). The van der Waals surface area contributed by atoms with Crippen LogP contribution in [0.3, 0.4) is 0 Å². The molecular weight excluding hydrogens is 300 g/mol. The molecule has 6 nitrogen and oxygen atoms in total. The Balaban J connectivity index is 2.12. The number of hydrogen-bond acceptors (Lipinski definition) is 4. The number of nitrogens with two attached hydrogens (primary N) is 1. The third-order valence-electron chi connectivity index (χ3n) is 2.63. The van der Waals surface area contributed by atoms with E-state index < -0.39 is 5.60 Å². The molecule has 0 bridgehead atoms. The molecule has 1 amide bonds. The van der Waals surface area contributed by atoms with Gasteiger partial charge in [0.1, 0.15) is 5.60 Å². The molecule has 7 heteroatoms. The Morgan fingerprint density at radius 1 is 1.44 bits per heavy atom. The fraction of sp³-hybridized carbons (Fsp3) is 0.636. The Morgan fingerprint density at radius 2 is 2.11 bits per heavy atom. The number of nitrogen functional groups attached to an aromatic ring is 1. The van der Waals surface area contributed by atoms with Crippen LogP contribution in [0.1, 0.15) is 26.5 Å². The molecule has 0 atom stereocenters. The lowest BCUT2D eigenvalue weighted by Gasteiger charge is -2.30. The van der Waals surface area contributed by atoms with E-state index in [-0.39, 0.29) is 6.09 Å². The second kappa shape index (κ2) is 4.46. The van der Waals surface area contributed by atoms with Crippen LogP contribution in [0.25, 0.3) is 0 Å². The first kappa shape index (κ1) is 13.2. The lowest BCUT2D eigenvalue weighted by molar-refractivity contribution is 0.0195. The molecule has 18 heavy (non-hydrogen) atoms. The van der Waals surface area contributed by atoms with Gasteiger partial charge < -0.3 is 15.4 Å². The summed E-state index contributed by atoms with van der Waals surface area (Å²) in [4.78, 5) is 13.6. The van der Waals surface area contributed by atoms with Crippen LogP contribution in [0.4, 0.5) is 10.5 Å². The smallest absolute Gasteiger partial charge is 0.410 e. The summed E-state index contributed by atoms with van der Waals surface area (Å²) >= 11 is 3.29. The molecule has 2 heterocycles. The van der Waals surface area contributed by atoms with Crippen molar-refractivity contribution in [1.29, 1.82) is 0 Å². The normalized spacial score (nSPS) is 15.4. The fourth-order valence-electron chi connectivity index (χ4n) is 1.79. The Hall–Kier alpha value is -1.24. The van der Waals surface area contributed by atoms with E-state index in [1.54, 1.807) is 4.90 Å². The molecule has 100 valence electrons. The maximum Gasteiger partial charge on any atom is 0.410 e. The van der Waals surface area contributed by atoms with E-state index in [2.05, 4.69) is 21.0 Å². The molecule has 2 N–H and O–H groups in total. The largest absolute Gasteiger partial charge is 0.444 e. The van der Waals surface area contributed by atoms with Crippen LogP contribution in [-0.4, -0.2) is 32.9 Å². The number of hydrogen-bond donors (Lipinski definition) is 1. The quantitative estimate of drug-likeness (QED) is 0.794. The van der Waals surface area contributed by atoms with Crippen LogP contribution >= 0.6 is 15.9 Å². The summed E-state index contributed by atoms with van der Waals surface area (Å²) in [7, 11) is 0. The van der Waals surface area contributed by atoms with Crippen molar-refractivity contribution in [3.05, 3.63) is 10.3 Å². The number of halogens is 1. The fourth-order valence-corrected chi connectivity index (χ4v) is 2.21. The predicted octanol–water partition coefficient (Wildman–Crippen LogP) is 1.98. The number of carbonyl (C=O) groups excluding carboxylic acids is 1. The number of nitrogens with zero attached hydrogens (tertiary/aromatic N) is 3. The third-order valence-corrected chi connectivity index (χ3v) is 3.21. The van der Waals surface area contributed by atoms with Gasteiger partial charge in [-0.1, -0.05) is 0 Å². The van der Waals surface area contributed by atoms with Crippen molar-refractivity contribution in [1.82, 2.24) is 14.7 Å². The van der Waals surface area contributed by atoms with Gasteiger partial charge >= 0.3 is 6.09 Å². The van der Waals surface area contributed by atoms with Crippen LogP contribution in [0.15, 0.2) is 4.60 Å². The molecule has 0 unspecified atom stereocenters. The van der Waals surface area contributed by atoms with Crippen molar-refractivity contribution in [2.45, 2.75) is 39.5 Å². The third kappa shape index (κ3) is 2.60. The summed E-state index contributed by atoms with van der Waals surface area (Å²) in [6, 6.07) is 0. The molecule has 1 aromatic rings. The maximum absolute atomic E-state index is 12.0. The van der Waals surface area contributed by atoms with Gasteiger partial charge in [0.25, 0.3) is 0 Å². The SMILES string of the molecule is CC(C)(C)OC(=O)N1CCn2nc(Br)c(N)c2C1. The van der Waals surface area contributed by atoms with Gasteiger partial charge in [0.15, 0.2) is 4.60 Å². The number of ether oxygens (including phenoxy) is 1. The number of carbonyl (C=O) groups is 1. The van der Waals surface area contributed by atoms with E-state index in [1.807, 2.05) is 25.5 Å². The Kier molecular flexibility index (Phi) is 3.27. The lowest BCUT2D eigenvalue weighted by atomic mass is 10.2. The van der Waals surface area contributed by atoms with Gasteiger partial charge in [-0.25, -0.2) is 4.79 Å². The van der Waals surface area contributed by atoms with Crippen molar-refractivity contribution >= 4 is 27.7 Å². The lowest BCUT2D eigenvalue weighted by Crippen LogP contribution is -2.41. The van der Waals surface area contributed by atoms with Gasteiger partial charge in [-0.15, -0.1) is 0 Å². The van der Waals surface area contributed by atoms with Crippen molar-refractivity contribution in [3.8, 4) is 0 Å². The van der Waals surface area contributed by atoms with E-state index in [0.717, 1.165) is 5.69 Å². The summed E-state index contributed by atoms with van der Waals surface area (Å²) in [5.41, 5.74) is 6.85. The van der Waals surface area contributed by atoms with Gasteiger partial charge in [-0.2, -0.15) is 5.10 Å². The molecule has 1 aliphatic heterocycles. The topological polar surface area (TPSA) is 73.4 Å². The van der Waals surface area contributed by atoms with Crippen molar-refractivity contribution in [3.63, 3.8) is 0 Å². The highest BCUT2D eigenvalue weighted by atomic mass is 79.9. The first-order valence-electron chi connectivity index (χ1n) is 5.76. The Bertz CT molecular complexity index is 478. The molecule has 1 aliphatic rings. The number of amides is 1. The zero-order chi connectivity index (χ0) is 13.5. The first-order valence-corrected chi connectivity index (χ1v) is 6.56. The van der Waals surface area contributed by atoms with Gasteiger partial charge in [-0.05, 0) is 36.7 Å². The second-order valence-electron chi connectivity index (χ2n) is 5.28. The molecule has 0 saturated heterocycles.